The van der Waals surface area contributed by atoms with E-state index in [1.54, 1.807) is 19.1 Å². The van der Waals surface area contributed by atoms with E-state index in [2.05, 4.69) is 15.6 Å². The van der Waals surface area contributed by atoms with Gasteiger partial charge in [0.05, 0.1) is 28.7 Å². The fraction of sp³-hybridized carbons (Fsp3) is 0.100. The van der Waals surface area contributed by atoms with Gasteiger partial charge in [0.2, 0.25) is 0 Å². The molecule has 1 amide bonds. The second-order valence-electron chi connectivity index (χ2n) is 6.04. The number of carbonyl (C=O) groups is 1. The van der Waals surface area contributed by atoms with E-state index >= 15 is 0 Å². The highest BCUT2D eigenvalue weighted by atomic mass is 19.4. The molecule has 0 aliphatic heterocycles. The number of halogens is 4. The number of anilines is 3. The van der Waals surface area contributed by atoms with Gasteiger partial charge in [-0.3, -0.25) is 9.78 Å². The number of rotatable bonds is 4. The fourth-order valence-corrected chi connectivity index (χ4v) is 2.56. The second kappa shape index (κ2) is 7.67. The number of aryl methyl sites for hydroxylation is 1. The third-order valence-corrected chi connectivity index (χ3v) is 3.97. The van der Waals surface area contributed by atoms with Crippen molar-refractivity contribution in [3.63, 3.8) is 0 Å². The Morgan fingerprint density at radius 3 is 2.43 bits per heavy atom. The minimum Gasteiger partial charge on any atom is -0.355 e. The van der Waals surface area contributed by atoms with Gasteiger partial charge >= 0.3 is 6.18 Å². The van der Waals surface area contributed by atoms with Crippen molar-refractivity contribution in [2.24, 2.45) is 0 Å². The third-order valence-electron chi connectivity index (χ3n) is 3.97. The number of hydrogen-bond acceptors (Lipinski definition) is 3. The molecule has 144 valence electrons. The van der Waals surface area contributed by atoms with Crippen molar-refractivity contribution in [3.8, 4) is 0 Å². The molecule has 0 unspecified atom stereocenters. The molecule has 0 bridgehead atoms. The van der Waals surface area contributed by atoms with Crippen molar-refractivity contribution in [1.29, 1.82) is 0 Å². The Hall–Kier alpha value is -3.42. The minimum absolute atomic E-state index is 0.157. The summed E-state index contributed by atoms with van der Waals surface area (Å²) in [6, 6.07) is 9.92. The van der Waals surface area contributed by atoms with Crippen LogP contribution in [0.4, 0.5) is 34.6 Å². The van der Waals surface area contributed by atoms with E-state index in [0.717, 1.165) is 12.1 Å². The number of pyridine rings is 1. The molecule has 8 heteroatoms. The van der Waals surface area contributed by atoms with Crippen LogP contribution in [0.25, 0.3) is 0 Å². The molecule has 0 aliphatic rings. The van der Waals surface area contributed by atoms with Crippen molar-refractivity contribution < 1.29 is 22.4 Å². The number of nitrogens with one attached hydrogen (secondary N) is 2. The van der Waals surface area contributed by atoms with Crippen LogP contribution in [0.15, 0.2) is 60.9 Å². The predicted molar refractivity (Wildman–Crippen MR) is 98.1 cm³/mol. The zero-order chi connectivity index (χ0) is 20.3. The highest BCUT2D eigenvalue weighted by molar-refractivity contribution is 6.08. The van der Waals surface area contributed by atoms with Crippen LogP contribution >= 0.6 is 0 Å². The maximum absolute atomic E-state index is 13.3. The van der Waals surface area contributed by atoms with Crippen molar-refractivity contribution in [1.82, 2.24) is 4.98 Å². The summed E-state index contributed by atoms with van der Waals surface area (Å²) in [6.45, 7) is 1.64. The topological polar surface area (TPSA) is 54.0 Å². The van der Waals surface area contributed by atoms with E-state index in [1.165, 1.54) is 36.7 Å². The van der Waals surface area contributed by atoms with Gasteiger partial charge in [0, 0.05) is 11.9 Å². The molecule has 0 aliphatic carbocycles. The van der Waals surface area contributed by atoms with E-state index in [1.807, 2.05) is 0 Å². The lowest BCUT2D eigenvalue weighted by atomic mass is 10.1. The van der Waals surface area contributed by atoms with Crippen LogP contribution in [0.3, 0.4) is 0 Å². The molecule has 1 heterocycles. The Kier molecular flexibility index (Phi) is 5.30. The first-order valence-electron chi connectivity index (χ1n) is 8.20. The van der Waals surface area contributed by atoms with Gasteiger partial charge in [-0.15, -0.1) is 0 Å². The monoisotopic (exact) mass is 389 g/mol. The van der Waals surface area contributed by atoms with Gasteiger partial charge in [-0.2, -0.15) is 13.2 Å². The molecule has 0 saturated carbocycles. The first-order chi connectivity index (χ1) is 13.2. The molecule has 0 radical (unpaired) electrons. The van der Waals surface area contributed by atoms with Crippen molar-refractivity contribution in [2.75, 3.05) is 10.6 Å². The average molecular weight is 389 g/mol. The van der Waals surface area contributed by atoms with Crippen LogP contribution in [0, 0.1) is 12.7 Å². The van der Waals surface area contributed by atoms with Crippen LogP contribution in [0.1, 0.15) is 21.5 Å². The summed E-state index contributed by atoms with van der Waals surface area (Å²) in [7, 11) is 0. The Labute approximate surface area is 158 Å². The molecule has 2 aromatic carbocycles. The number of alkyl halides is 3. The van der Waals surface area contributed by atoms with Crippen molar-refractivity contribution in [2.45, 2.75) is 13.1 Å². The molecule has 2 N–H and O–H groups in total. The number of aromatic nitrogens is 1. The molecule has 3 rings (SSSR count). The fourth-order valence-electron chi connectivity index (χ4n) is 2.56. The lowest BCUT2D eigenvalue weighted by Gasteiger charge is -2.16. The zero-order valence-electron chi connectivity index (χ0n) is 14.6. The standard InChI is InChI=1S/C20H15F4N3O/c1-12-9-14(21)5-7-17(12)27-18-6-4-13(20(22,23)24)10-16(18)19(28)26-15-3-2-8-25-11-15/h2-11,27H,1H3,(H,26,28). The van der Waals surface area contributed by atoms with E-state index < -0.39 is 23.5 Å². The highest BCUT2D eigenvalue weighted by Crippen LogP contribution is 2.33. The number of carbonyl (C=O) groups excluding carboxylic acids is 1. The van der Waals surface area contributed by atoms with Gasteiger partial charge in [0.1, 0.15) is 5.82 Å². The molecule has 0 atom stereocenters. The lowest BCUT2D eigenvalue weighted by molar-refractivity contribution is -0.137. The number of nitrogens with zero attached hydrogens (tertiary/aromatic N) is 1. The molecule has 0 spiro atoms. The Balaban J connectivity index is 2.00. The van der Waals surface area contributed by atoms with Gasteiger partial charge in [-0.25, -0.2) is 4.39 Å². The summed E-state index contributed by atoms with van der Waals surface area (Å²) in [5.74, 6) is -1.17. The quantitative estimate of drug-likeness (QED) is 0.576. The van der Waals surface area contributed by atoms with Gasteiger partial charge in [-0.1, -0.05) is 0 Å². The zero-order valence-corrected chi connectivity index (χ0v) is 14.6. The Bertz CT molecular complexity index is 1000. The number of hydrogen-bond donors (Lipinski definition) is 2. The Morgan fingerprint density at radius 2 is 1.79 bits per heavy atom. The van der Waals surface area contributed by atoms with Crippen LogP contribution < -0.4 is 10.6 Å². The largest absolute Gasteiger partial charge is 0.416 e. The molecule has 28 heavy (non-hydrogen) atoms. The third kappa shape index (κ3) is 4.46. The molecule has 4 nitrogen and oxygen atoms in total. The molecule has 1 aromatic heterocycles. The van der Waals surface area contributed by atoms with Gasteiger partial charge in [-0.05, 0) is 61.0 Å². The van der Waals surface area contributed by atoms with E-state index in [-0.39, 0.29) is 11.3 Å². The van der Waals surface area contributed by atoms with Crippen LogP contribution in [-0.4, -0.2) is 10.9 Å². The Morgan fingerprint density at radius 1 is 1.04 bits per heavy atom. The summed E-state index contributed by atoms with van der Waals surface area (Å²) in [6.07, 6.45) is -1.72. The normalized spacial score (nSPS) is 11.2. The average Bonchev–Trinajstić information content (AvgIpc) is 2.64. The SMILES string of the molecule is Cc1cc(F)ccc1Nc1ccc(C(F)(F)F)cc1C(=O)Nc1cccnc1. The van der Waals surface area contributed by atoms with Crippen molar-refractivity contribution >= 4 is 23.0 Å². The van der Waals surface area contributed by atoms with E-state index in [9.17, 15) is 22.4 Å². The van der Waals surface area contributed by atoms with Gasteiger partial charge < -0.3 is 10.6 Å². The first kappa shape index (κ1) is 19.3. The summed E-state index contributed by atoms with van der Waals surface area (Å²) in [5.41, 5.74) is 0.348. The summed E-state index contributed by atoms with van der Waals surface area (Å²) in [4.78, 5) is 16.5. The summed E-state index contributed by atoms with van der Waals surface area (Å²) >= 11 is 0. The van der Waals surface area contributed by atoms with Crippen molar-refractivity contribution in [3.05, 3.63) is 83.4 Å². The summed E-state index contributed by atoms with van der Waals surface area (Å²) < 4.78 is 52.7. The highest BCUT2D eigenvalue weighted by Gasteiger charge is 2.32. The summed E-state index contributed by atoms with van der Waals surface area (Å²) in [5, 5.41) is 5.42. The second-order valence-corrected chi connectivity index (χ2v) is 6.04. The van der Waals surface area contributed by atoms with Gasteiger partial charge in [0.25, 0.3) is 5.91 Å². The maximum Gasteiger partial charge on any atom is 0.416 e. The molecular weight excluding hydrogens is 374 g/mol. The molecule has 0 saturated heterocycles. The van der Waals surface area contributed by atoms with Crippen LogP contribution in [-0.2, 0) is 6.18 Å². The van der Waals surface area contributed by atoms with Gasteiger partial charge in [0.15, 0.2) is 0 Å². The van der Waals surface area contributed by atoms with Crippen LogP contribution in [0.2, 0.25) is 0 Å². The first-order valence-corrected chi connectivity index (χ1v) is 8.20. The predicted octanol–water partition coefficient (Wildman–Crippen LogP) is 5.54. The molecular formula is C20H15F4N3O. The lowest BCUT2D eigenvalue weighted by Crippen LogP contribution is -2.16. The van der Waals surface area contributed by atoms with Crippen LogP contribution in [0.5, 0.6) is 0 Å². The smallest absolute Gasteiger partial charge is 0.355 e. The number of amides is 1. The van der Waals surface area contributed by atoms with E-state index in [4.69, 9.17) is 0 Å². The number of benzene rings is 2. The minimum atomic E-state index is -4.60. The van der Waals surface area contributed by atoms with E-state index in [0.29, 0.717) is 16.9 Å². The molecule has 3 aromatic rings. The maximum atomic E-state index is 13.3. The molecule has 0 fully saturated rings.